The second kappa shape index (κ2) is 6.39. The van der Waals surface area contributed by atoms with Crippen LogP contribution in [0.4, 0.5) is 0 Å². The van der Waals surface area contributed by atoms with Gasteiger partial charge in [-0.15, -0.1) is 0 Å². The maximum absolute atomic E-state index is 12.9. The zero-order valence-corrected chi connectivity index (χ0v) is 14.1. The van der Waals surface area contributed by atoms with Gasteiger partial charge in [0.05, 0.1) is 25.3 Å². The van der Waals surface area contributed by atoms with Gasteiger partial charge in [-0.2, -0.15) is 10.1 Å². The molecule has 1 atom stereocenters. The summed E-state index contributed by atoms with van der Waals surface area (Å²) < 4.78 is 7.74. The number of carbonyl (C=O) groups is 1. The molecule has 0 saturated carbocycles. The molecule has 3 aromatic rings. The van der Waals surface area contributed by atoms with E-state index in [4.69, 9.17) is 4.74 Å². The van der Waals surface area contributed by atoms with Crippen LogP contribution in [0.2, 0.25) is 0 Å². The molecule has 0 bridgehead atoms. The number of aromatic nitrogens is 4. The summed E-state index contributed by atoms with van der Waals surface area (Å²) in [5.41, 5.74) is 1.39. The number of fused-ring (bicyclic) bond motifs is 1. The van der Waals surface area contributed by atoms with E-state index in [1.54, 1.807) is 42.3 Å². The van der Waals surface area contributed by atoms with E-state index in [1.807, 2.05) is 6.92 Å². The summed E-state index contributed by atoms with van der Waals surface area (Å²) in [6.07, 6.45) is 3.05. The lowest BCUT2D eigenvalue weighted by molar-refractivity contribution is -0.140. The molecule has 1 N–H and O–H groups in total. The first kappa shape index (κ1) is 16.7. The number of pyridine rings is 1. The monoisotopic (exact) mass is 342 g/mol. The highest BCUT2D eigenvalue weighted by atomic mass is 16.5. The summed E-state index contributed by atoms with van der Waals surface area (Å²) in [5.74, 6) is -1.60. The molecule has 0 unspecified atom stereocenters. The summed E-state index contributed by atoms with van der Waals surface area (Å²) in [6.45, 7) is 1.83. The van der Waals surface area contributed by atoms with Crippen LogP contribution in [-0.2, 0) is 16.6 Å². The lowest BCUT2D eigenvalue weighted by Gasteiger charge is -2.17. The Hall–Kier alpha value is -3.16. The Bertz CT molecular complexity index is 1010. The molecular formula is C17H18N4O4. The maximum Gasteiger partial charge on any atom is 0.306 e. The molecule has 0 aromatic carbocycles. The van der Waals surface area contributed by atoms with Crippen molar-refractivity contribution in [1.29, 1.82) is 0 Å². The molecule has 8 heteroatoms. The topological polar surface area (TPSA) is 98.7 Å². The van der Waals surface area contributed by atoms with Gasteiger partial charge in [0.15, 0.2) is 0 Å². The third kappa shape index (κ3) is 2.86. The van der Waals surface area contributed by atoms with Crippen molar-refractivity contribution in [3.63, 3.8) is 0 Å². The van der Waals surface area contributed by atoms with E-state index in [0.717, 1.165) is 5.69 Å². The first-order valence-corrected chi connectivity index (χ1v) is 7.69. The number of methoxy groups -OCH3 is 1. The molecule has 25 heavy (non-hydrogen) atoms. The summed E-state index contributed by atoms with van der Waals surface area (Å²) in [6, 6.07) is 5.04. The molecule has 130 valence electrons. The van der Waals surface area contributed by atoms with Gasteiger partial charge in [-0.1, -0.05) is 6.07 Å². The van der Waals surface area contributed by atoms with Crippen LogP contribution in [0.15, 0.2) is 35.4 Å². The van der Waals surface area contributed by atoms with Crippen molar-refractivity contribution in [3.8, 4) is 5.88 Å². The highest BCUT2D eigenvalue weighted by Gasteiger charge is 2.29. The summed E-state index contributed by atoms with van der Waals surface area (Å²) in [7, 11) is 3.04. The smallest absolute Gasteiger partial charge is 0.306 e. The Morgan fingerprint density at radius 2 is 2.16 bits per heavy atom. The minimum atomic E-state index is -0.710. The lowest BCUT2D eigenvalue weighted by Crippen LogP contribution is -2.24. The Kier molecular flexibility index (Phi) is 4.26. The average molecular weight is 342 g/mol. The molecule has 0 saturated heterocycles. The van der Waals surface area contributed by atoms with E-state index in [-0.39, 0.29) is 12.0 Å². The Morgan fingerprint density at radius 1 is 1.40 bits per heavy atom. The van der Waals surface area contributed by atoms with Crippen molar-refractivity contribution < 1.29 is 14.6 Å². The standard InChI is InChI=1S/C17H18N4O4/c1-10-12(9-18-20(10)2)11(8-14(22)25-3)15-16(23)19-13-6-4-5-7-21(13)17(15)24/h4-7,9,11,23H,8H2,1-3H3/t11-/m1/s1. The molecule has 0 spiro atoms. The van der Waals surface area contributed by atoms with E-state index in [2.05, 4.69) is 10.1 Å². The normalized spacial score (nSPS) is 12.3. The number of ether oxygens (including phenoxy) is 1. The summed E-state index contributed by atoms with van der Waals surface area (Å²) >= 11 is 0. The molecule has 3 rings (SSSR count). The number of hydrogen-bond donors (Lipinski definition) is 1. The van der Waals surface area contributed by atoms with Gasteiger partial charge in [0.1, 0.15) is 5.65 Å². The van der Waals surface area contributed by atoms with Gasteiger partial charge < -0.3 is 9.84 Å². The van der Waals surface area contributed by atoms with Gasteiger partial charge in [-0.05, 0) is 19.1 Å². The molecule has 0 fully saturated rings. The molecule has 3 heterocycles. The minimum Gasteiger partial charge on any atom is -0.493 e. The second-order valence-corrected chi connectivity index (χ2v) is 5.72. The summed E-state index contributed by atoms with van der Waals surface area (Å²) in [5, 5.41) is 14.6. The van der Waals surface area contributed by atoms with E-state index in [9.17, 15) is 14.7 Å². The minimum absolute atomic E-state index is 0.0465. The van der Waals surface area contributed by atoms with Crippen LogP contribution in [0.3, 0.4) is 0 Å². The number of hydrogen-bond acceptors (Lipinski definition) is 6. The van der Waals surface area contributed by atoms with Crippen molar-refractivity contribution in [3.05, 3.63) is 57.8 Å². The second-order valence-electron chi connectivity index (χ2n) is 5.72. The Balaban J connectivity index is 2.26. The van der Waals surface area contributed by atoms with Gasteiger partial charge in [0.25, 0.3) is 5.56 Å². The quantitative estimate of drug-likeness (QED) is 0.714. The van der Waals surface area contributed by atoms with Crippen molar-refractivity contribution in [2.75, 3.05) is 7.11 Å². The van der Waals surface area contributed by atoms with Crippen molar-refractivity contribution in [2.24, 2.45) is 7.05 Å². The number of carbonyl (C=O) groups excluding carboxylic acids is 1. The van der Waals surface area contributed by atoms with Crippen molar-refractivity contribution in [2.45, 2.75) is 19.3 Å². The van der Waals surface area contributed by atoms with Crippen LogP contribution in [0, 0.1) is 6.92 Å². The number of rotatable bonds is 4. The van der Waals surface area contributed by atoms with Crippen LogP contribution < -0.4 is 5.56 Å². The molecule has 8 nitrogen and oxygen atoms in total. The van der Waals surface area contributed by atoms with Crippen LogP contribution in [-0.4, -0.2) is 37.4 Å². The third-order valence-electron chi connectivity index (χ3n) is 4.34. The fourth-order valence-corrected chi connectivity index (χ4v) is 2.87. The summed E-state index contributed by atoms with van der Waals surface area (Å²) in [4.78, 5) is 28.9. The van der Waals surface area contributed by atoms with Gasteiger partial charge in [-0.3, -0.25) is 18.7 Å². The van der Waals surface area contributed by atoms with Gasteiger partial charge >= 0.3 is 5.97 Å². The predicted molar refractivity (Wildman–Crippen MR) is 89.5 cm³/mol. The largest absolute Gasteiger partial charge is 0.493 e. The number of nitrogens with zero attached hydrogens (tertiary/aromatic N) is 4. The van der Waals surface area contributed by atoms with E-state index >= 15 is 0 Å². The molecule has 3 aromatic heterocycles. The van der Waals surface area contributed by atoms with E-state index < -0.39 is 23.3 Å². The molecule has 0 radical (unpaired) electrons. The van der Waals surface area contributed by atoms with Gasteiger partial charge in [-0.25, -0.2) is 0 Å². The molecule has 0 aliphatic heterocycles. The van der Waals surface area contributed by atoms with Crippen molar-refractivity contribution in [1.82, 2.24) is 19.2 Å². The fourth-order valence-electron chi connectivity index (χ4n) is 2.87. The number of aryl methyl sites for hydroxylation is 1. The number of aromatic hydroxyl groups is 1. The van der Waals surface area contributed by atoms with Crippen molar-refractivity contribution >= 4 is 11.6 Å². The highest BCUT2D eigenvalue weighted by Crippen LogP contribution is 2.32. The maximum atomic E-state index is 12.9. The predicted octanol–water partition coefficient (Wildman–Crippen LogP) is 1.14. The fraction of sp³-hybridized carbons (Fsp3) is 0.294. The van der Waals surface area contributed by atoms with Crippen LogP contribution in [0.25, 0.3) is 5.65 Å². The molecule has 0 aliphatic carbocycles. The Labute approximate surface area is 143 Å². The van der Waals surface area contributed by atoms with Gasteiger partial charge in [0, 0.05) is 30.4 Å². The molecule has 0 aliphatic rings. The number of esters is 1. The molecular weight excluding hydrogens is 324 g/mol. The van der Waals surface area contributed by atoms with Crippen LogP contribution in [0.1, 0.15) is 29.2 Å². The zero-order valence-electron chi connectivity index (χ0n) is 14.1. The average Bonchev–Trinajstić information content (AvgIpc) is 2.93. The van der Waals surface area contributed by atoms with Crippen LogP contribution in [0.5, 0.6) is 5.88 Å². The highest BCUT2D eigenvalue weighted by molar-refractivity contribution is 5.71. The van der Waals surface area contributed by atoms with Crippen LogP contribution >= 0.6 is 0 Å². The third-order valence-corrected chi connectivity index (χ3v) is 4.34. The zero-order chi connectivity index (χ0) is 18.1. The van der Waals surface area contributed by atoms with E-state index in [0.29, 0.717) is 11.2 Å². The first-order valence-electron chi connectivity index (χ1n) is 7.69. The first-order chi connectivity index (χ1) is 11.9. The SMILES string of the molecule is COC(=O)C[C@H](c1cnn(C)c1C)c1c(O)nc2ccccn2c1=O. The Morgan fingerprint density at radius 3 is 2.80 bits per heavy atom. The van der Waals surface area contributed by atoms with E-state index in [1.165, 1.54) is 11.5 Å². The molecule has 0 amide bonds. The lowest BCUT2D eigenvalue weighted by atomic mass is 9.90. The van der Waals surface area contributed by atoms with Gasteiger partial charge in [0.2, 0.25) is 5.88 Å².